The number of imide groups is 1. The Morgan fingerprint density at radius 3 is 2.41 bits per heavy atom. The van der Waals surface area contributed by atoms with Crippen LogP contribution in [0.25, 0.3) is 11.0 Å². The zero-order valence-corrected chi connectivity index (χ0v) is 17.1. The molecule has 0 spiro atoms. The van der Waals surface area contributed by atoms with Crippen LogP contribution in [0.4, 0.5) is 5.69 Å². The van der Waals surface area contributed by atoms with Crippen molar-refractivity contribution in [1.29, 1.82) is 0 Å². The first-order valence-corrected chi connectivity index (χ1v) is 9.83. The number of carboxylic acids is 2. The highest BCUT2D eigenvalue weighted by atomic mass is 32.2. The van der Waals surface area contributed by atoms with Gasteiger partial charge in [-0.3, -0.25) is 34.2 Å². The minimum absolute atomic E-state index is 0.0741. The van der Waals surface area contributed by atoms with Gasteiger partial charge < -0.3 is 21.7 Å². The van der Waals surface area contributed by atoms with E-state index in [4.69, 9.17) is 21.7 Å². The molecule has 1 aromatic carbocycles. The molecule has 2 amide bonds. The van der Waals surface area contributed by atoms with Crippen molar-refractivity contribution in [2.75, 3.05) is 12.3 Å². The number of thioether (sulfide) groups is 1. The van der Waals surface area contributed by atoms with Crippen LogP contribution in [-0.2, 0) is 19.2 Å². The third-order valence-electron chi connectivity index (χ3n) is 4.14. The number of rotatable bonds is 11. The Morgan fingerprint density at radius 2 is 1.81 bits per heavy atom. The number of nitrogens with zero attached hydrogens (tertiary/aromatic N) is 4. The minimum Gasteiger partial charge on any atom is -0.480 e. The van der Waals surface area contributed by atoms with Crippen LogP contribution in [0.5, 0.6) is 0 Å². The maximum absolute atomic E-state index is 12.6. The van der Waals surface area contributed by atoms with Gasteiger partial charge in [0.15, 0.2) is 5.52 Å². The molecule has 172 valence electrons. The number of non-ortho nitro benzene ring substituents is 1. The third-order valence-corrected chi connectivity index (χ3v) is 5.30. The first-order chi connectivity index (χ1) is 15.0. The molecule has 0 radical (unpaired) electrons. The van der Waals surface area contributed by atoms with E-state index in [-0.39, 0.29) is 28.9 Å². The van der Waals surface area contributed by atoms with Gasteiger partial charge in [0.25, 0.3) is 0 Å². The maximum Gasteiger partial charge on any atom is 0.323 e. The second kappa shape index (κ2) is 10.6. The van der Waals surface area contributed by atoms with E-state index in [2.05, 4.69) is 14.9 Å². The number of nitro benzene ring substituents is 1. The highest BCUT2D eigenvalue weighted by Gasteiger charge is 2.29. The number of carboxylic acid groups (broad SMARTS) is 2. The standard InChI is InChI=1S/C16H18N6O9S/c17-7(16(27)28)1-4-11(23)21(5-12(24)25)15(26)8(18)6-32-10-3-2-9(22(29)30)13-14(10)20-31-19-13/h2-3,7-8H,1,4-6,17-18H2,(H,24,25)(H,27,28)/t7-,8-/m0/s1. The Hall–Kier alpha value is -3.63. The van der Waals surface area contributed by atoms with Crippen molar-refractivity contribution in [3.05, 3.63) is 22.2 Å². The molecule has 15 nitrogen and oxygen atoms in total. The van der Waals surface area contributed by atoms with Gasteiger partial charge in [-0.15, -0.1) is 11.8 Å². The molecule has 1 heterocycles. The normalized spacial score (nSPS) is 12.8. The second-order valence-corrected chi connectivity index (χ2v) is 7.48. The molecular weight excluding hydrogens is 452 g/mol. The summed E-state index contributed by atoms with van der Waals surface area (Å²) in [5.41, 5.74) is 10.8. The quantitative estimate of drug-likeness (QED) is 0.178. The predicted octanol–water partition coefficient (Wildman–Crippen LogP) is -0.818. The van der Waals surface area contributed by atoms with Crippen molar-refractivity contribution in [2.45, 2.75) is 29.8 Å². The SMILES string of the molecule is N[C@@H](CCC(=O)N(CC(=O)O)C(=O)[C@@H](N)CSc1ccc([N+](=O)[O-])c2nonc12)C(=O)O. The number of aliphatic carboxylic acids is 2. The van der Waals surface area contributed by atoms with Crippen molar-refractivity contribution >= 4 is 52.2 Å². The first kappa shape index (κ1) is 24.6. The molecule has 0 saturated heterocycles. The van der Waals surface area contributed by atoms with E-state index in [0.717, 1.165) is 11.8 Å². The Kier molecular flexibility index (Phi) is 8.16. The van der Waals surface area contributed by atoms with Crippen LogP contribution in [0, 0.1) is 10.1 Å². The average Bonchev–Trinajstić information content (AvgIpc) is 3.22. The summed E-state index contributed by atoms with van der Waals surface area (Å²) in [6.07, 6.45) is -0.776. The van der Waals surface area contributed by atoms with Crippen molar-refractivity contribution in [1.82, 2.24) is 15.2 Å². The summed E-state index contributed by atoms with van der Waals surface area (Å²) >= 11 is 0.968. The van der Waals surface area contributed by atoms with Crippen molar-refractivity contribution in [3.8, 4) is 0 Å². The van der Waals surface area contributed by atoms with Gasteiger partial charge >= 0.3 is 17.6 Å². The van der Waals surface area contributed by atoms with E-state index >= 15 is 0 Å². The van der Waals surface area contributed by atoms with E-state index < -0.39 is 53.7 Å². The Morgan fingerprint density at radius 1 is 1.16 bits per heavy atom. The summed E-state index contributed by atoms with van der Waals surface area (Å²) in [4.78, 5) is 57.9. The molecule has 0 saturated carbocycles. The van der Waals surface area contributed by atoms with Gasteiger partial charge in [-0.05, 0) is 22.8 Å². The number of hydrogen-bond acceptors (Lipinski definition) is 12. The molecule has 16 heteroatoms. The van der Waals surface area contributed by atoms with Gasteiger partial charge in [-0.25, -0.2) is 4.63 Å². The number of benzene rings is 1. The van der Waals surface area contributed by atoms with Gasteiger partial charge in [-0.2, -0.15) is 0 Å². The molecule has 32 heavy (non-hydrogen) atoms. The number of carbonyl (C=O) groups excluding carboxylic acids is 2. The van der Waals surface area contributed by atoms with Gasteiger partial charge in [0.2, 0.25) is 17.3 Å². The van der Waals surface area contributed by atoms with Crippen LogP contribution in [0.3, 0.4) is 0 Å². The lowest BCUT2D eigenvalue weighted by Gasteiger charge is -2.22. The largest absolute Gasteiger partial charge is 0.480 e. The smallest absolute Gasteiger partial charge is 0.323 e. The molecule has 0 aliphatic heterocycles. The first-order valence-electron chi connectivity index (χ1n) is 8.85. The van der Waals surface area contributed by atoms with Crippen molar-refractivity contribution in [3.63, 3.8) is 0 Å². The van der Waals surface area contributed by atoms with Crippen LogP contribution in [0.2, 0.25) is 0 Å². The van der Waals surface area contributed by atoms with Crippen LogP contribution >= 0.6 is 11.8 Å². The van der Waals surface area contributed by atoms with Crippen LogP contribution in [0.15, 0.2) is 21.7 Å². The predicted molar refractivity (Wildman–Crippen MR) is 106 cm³/mol. The number of nitro groups is 1. The molecule has 0 aliphatic carbocycles. The summed E-state index contributed by atoms with van der Waals surface area (Å²) in [5, 5.41) is 35.9. The highest BCUT2D eigenvalue weighted by molar-refractivity contribution is 7.99. The molecule has 0 aliphatic rings. The van der Waals surface area contributed by atoms with Crippen molar-refractivity contribution < 1.29 is 38.9 Å². The number of nitrogens with two attached hydrogens (primary N) is 2. The monoisotopic (exact) mass is 470 g/mol. The summed E-state index contributed by atoms with van der Waals surface area (Å²) < 4.78 is 4.54. The van der Waals surface area contributed by atoms with Gasteiger partial charge in [0.05, 0.1) is 11.0 Å². The fraction of sp³-hybridized carbons (Fsp3) is 0.375. The van der Waals surface area contributed by atoms with E-state index in [0.29, 0.717) is 9.80 Å². The molecule has 2 aromatic rings. The van der Waals surface area contributed by atoms with E-state index in [1.165, 1.54) is 12.1 Å². The Bertz CT molecular complexity index is 1060. The molecule has 0 unspecified atom stereocenters. The molecule has 6 N–H and O–H groups in total. The zero-order chi connectivity index (χ0) is 24.0. The van der Waals surface area contributed by atoms with Crippen LogP contribution in [-0.4, -0.2) is 78.5 Å². The van der Waals surface area contributed by atoms with E-state index in [1.54, 1.807) is 0 Å². The number of fused-ring (bicyclic) bond motifs is 1. The van der Waals surface area contributed by atoms with E-state index in [1.807, 2.05) is 0 Å². The summed E-state index contributed by atoms with van der Waals surface area (Å²) in [7, 11) is 0. The molecular formula is C16H18N6O9S. The molecule has 0 bridgehead atoms. The molecule has 1 aromatic heterocycles. The average molecular weight is 470 g/mol. The van der Waals surface area contributed by atoms with Gasteiger partial charge in [0, 0.05) is 23.1 Å². The van der Waals surface area contributed by atoms with Gasteiger partial charge in [0.1, 0.15) is 12.6 Å². The fourth-order valence-electron chi connectivity index (χ4n) is 2.51. The number of hydrogen-bond donors (Lipinski definition) is 4. The summed E-state index contributed by atoms with van der Waals surface area (Å²) in [6, 6.07) is -0.152. The summed E-state index contributed by atoms with van der Waals surface area (Å²) in [6.45, 7) is -0.965. The summed E-state index contributed by atoms with van der Waals surface area (Å²) in [5.74, 6) is -4.90. The Balaban J connectivity index is 2.10. The number of aromatic nitrogens is 2. The molecule has 2 atom stereocenters. The van der Waals surface area contributed by atoms with Gasteiger partial charge in [-0.1, -0.05) is 0 Å². The highest BCUT2D eigenvalue weighted by Crippen LogP contribution is 2.31. The second-order valence-electron chi connectivity index (χ2n) is 6.41. The lowest BCUT2D eigenvalue weighted by Crippen LogP contribution is -2.50. The third kappa shape index (κ3) is 5.96. The number of carbonyl (C=O) groups is 4. The Labute approximate surface area is 182 Å². The minimum atomic E-state index is -1.47. The fourth-order valence-corrected chi connectivity index (χ4v) is 3.44. The van der Waals surface area contributed by atoms with Crippen molar-refractivity contribution in [2.24, 2.45) is 11.5 Å². The van der Waals surface area contributed by atoms with Crippen LogP contribution < -0.4 is 11.5 Å². The maximum atomic E-state index is 12.6. The van der Waals surface area contributed by atoms with Crippen LogP contribution in [0.1, 0.15) is 12.8 Å². The zero-order valence-electron chi connectivity index (χ0n) is 16.2. The number of amides is 2. The molecule has 2 rings (SSSR count). The lowest BCUT2D eigenvalue weighted by molar-refractivity contribution is -0.383. The lowest BCUT2D eigenvalue weighted by atomic mass is 10.1. The molecule has 0 fully saturated rings. The topological polar surface area (TPSA) is 246 Å². The van der Waals surface area contributed by atoms with E-state index in [9.17, 15) is 29.3 Å².